The van der Waals surface area contributed by atoms with Crippen molar-refractivity contribution < 1.29 is 0 Å². The van der Waals surface area contributed by atoms with Gasteiger partial charge in [-0.3, -0.25) is 0 Å². The summed E-state index contributed by atoms with van der Waals surface area (Å²) in [5.41, 5.74) is 7.84. The van der Waals surface area contributed by atoms with Crippen molar-refractivity contribution in [3.8, 4) is 44.9 Å². The van der Waals surface area contributed by atoms with Crippen LogP contribution in [-0.4, -0.2) is 9.97 Å². The topological polar surface area (TPSA) is 25.8 Å². The summed E-state index contributed by atoms with van der Waals surface area (Å²) in [6.07, 6.45) is 1.82. The average molecular weight is 497 g/mol. The number of halogens is 1. The van der Waals surface area contributed by atoms with Gasteiger partial charge in [0.05, 0.1) is 5.69 Å². The maximum atomic E-state index is 5.89. The third-order valence-corrected chi connectivity index (χ3v) is 6.14. The molecule has 0 aliphatic rings. The molecule has 3 heteroatoms. The average Bonchev–Trinajstić information content (AvgIpc) is 2.99. The van der Waals surface area contributed by atoms with Crippen LogP contribution in [0.4, 0.5) is 0 Å². The number of hydrogen-bond donors (Lipinski definition) is 0. The summed E-state index contributed by atoms with van der Waals surface area (Å²) in [5, 5.41) is 0.779. The Hall–Kier alpha value is -4.53. The Morgan fingerprint density at radius 2 is 0.892 bits per heavy atom. The molecule has 0 aliphatic heterocycles. The molecule has 0 bridgehead atoms. The normalized spacial score (nSPS) is 10.3. The van der Waals surface area contributed by atoms with Gasteiger partial charge in [0.15, 0.2) is 5.82 Å². The van der Waals surface area contributed by atoms with Crippen molar-refractivity contribution in [2.45, 2.75) is 0 Å². The quantitative estimate of drug-likeness (QED) is 0.243. The Kier molecular flexibility index (Phi) is 7.80. The minimum absolute atomic E-state index is 0.750. The molecular formula is C34H25ClN2. The molecule has 0 N–H and O–H groups in total. The molecule has 6 aromatic rings. The van der Waals surface area contributed by atoms with Crippen molar-refractivity contribution >= 4 is 11.6 Å². The lowest BCUT2D eigenvalue weighted by molar-refractivity contribution is 1.18. The summed E-state index contributed by atoms with van der Waals surface area (Å²) >= 11 is 5.89. The van der Waals surface area contributed by atoms with Crippen LogP contribution in [0.15, 0.2) is 152 Å². The standard InChI is InChI=1S/C22H16N2.C12H9Cl/c1-3-7-17(8-4-1)18-11-13-19(14-12-18)21-15-16-23-22(24-21)20-9-5-2-6-10-20;13-12-8-4-7-11(9-12)10-5-2-1-3-6-10/h1-16H;1-9H. The number of rotatable bonds is 4. The zero-order valence-electron chi connectivity index (χ0n) is 20.2. The van der Waals surface area contributed by atoms with Crippen LogP contribution in [0.5, 0.6) is 0 Å². The molecule has 0 radical (unpaired) electrons. The van der Waals surface area contributed by atoms with Crippen molar-refractivity contribution in [1.29, 1.82) is 0 Å². The third kappa shape index (κ3) is 6.38. The van der Waals surface area contributed by atoms with E-state index in [2.05, 4.69) is 71.7 Å². The molecule has 1 heterocycles. The predicted octanol–water partition coefficient (Wildman–Crippen LogP) is 9.48. The maximum Gasteiger partial charge on any atom is 0.159 e. The molecule has 178 valence electrons. The minimum Gasteiger partial charge on any atom is -0.237 e. The zero-order valence-corrected chi connectivity index (χ0v) is 21.0. The Bertz CT molecular complexity index is 1550. The van der Waals surface area contributed by atoms with Gasteiger partial charge in [-0.2, -0.15) is 0 Å². The van der Waals surface area contributed by atoms with Gasteiger partial charge >= 0.3 is 0 Å². The summed E-state index contributed by atoms with van der Waals surface area (Å²) in [7, 11) is 0. The lowest BCUT2D eigenvalue weighted by Crippen LogP contribution is -1.91. The summed E-state index contributed by atoms with van der Waals surface area (Å²) in [6.45, 7) is 0. The first-order valence-corrected chi connectivity index (χ1v) is 12.5. The van der Waals surface area contributed by atoms with E-state index in [0.717, 1.165) is 33.2 Å². The van der Waals surface area contributed by atoms with Crippen molar-refractivity contribution in [2.75, 3.05) is 0 Å². The lowest BCUT2D eigenvalue weighted by Gasteiger charge is -2.06. The van der Waals surface area contributed by atoms with Crippen LogP contribution in [0.3, 0.4) is 0 Å². The highest BCUT2D eigenvalue weighted by Gasteiger charge is 2.05. The van der Waals surface area contributed by atoms with E-state index in [0.29, 0.717) is 0 Å². The largest absolute Gasteiger partial charge is 0.237 e. The fraction of sp³-hybridized carbons (Fsp3) is 0. The van der Waals surface area contributed by atoms with E-state index < -0.39 is 0 Å². The van der Waals surface area contributed by atoms with E-state index in [-0.39, 0.29) is 0 Å². The summed E-state index contributed by atoms with van der Waals surface area (Å²) in [4.78, 5) is 9.09. The Morgan fingerprint density at radius 3 is 1.49 bits per heavy atom. The molecule has 0 fully saturated rings. The fourth-order valence-corrected chi connectivity index (χ4v) is 4.20. The molecular weight excluding hydrogens is 472 g/mol. The van der Waals surface area contributed by atoms with Gasteiger partial charge in [0.25, 0.3) is 0 Å². The Labute approximate surface area is 222 Å². The molecule has 1 aromatic heterocycles. The summed E-state index contributed by atoms with van der Waals surface area (Å²) in [5.74, 6) is 0.750. The SMILES string of the molecule is Clc1cccc(-c2ccccc2)c1.c1ccc(-c2ccc(-c3ccnc(-c4ccccc4)n3)cc2)cc1. The molecule has 2 nitrogen and oxygen atoms in total. The van der Waals surface area contributed by atoms with Crippen molar-refractivity contribution in [2.24, 2.45) is 0 Å². The van der Waals surface area contributed by atoms with Crippen LogP contribution in [0.1, 0.15) is 0 Å². The van der Waals surface area contributed by atoms with Gasteiger partial charge in [-0.25, -0.2) is 9.97 Å². The second-order valence-electron chi connectivity index (χ2n) is 8.45. The number of benzene rings is 5. The first-order valence-electron chi connectivity index (χ1n) is 12.1. The summed E-state index contributed by atoms with van der Waals surface area (Å²) < 4.78 is 0. The number of aromatic nitrogens is 2. The first-order chi connectivity index (χ1) is 18.3. The van der Waals surface area contributed by atoms with Crippen LogP contribution >= 0.6 is 11.6 Å². The highest BCUT2D eigenvalue weighted by Crippen LogP contribution is 2.25. The summed E-state index contributed by atoms with van der Waals surface area (Å²) in [6, 6.07) is 48.9. The van der Waals surface area contributed by atoms with E-state index >= 15 is 0 Å². The molecule has 0 saturated carbocycles. The molecule has 0 spiro atoms. The molecule has 0 amide bonds. The smallest absolute Gasteiger partial charge is 0.159 e. The molecule has 0 aliphatic carbocycles. The second kappa shape index (κ2) is 11.9. The predicted molar refractivity (Wildman–Crippen MR) is 155 cm³/mol. The highest BCUT2D eigenvalue weighted by molar-refractivity contribution is 6.30. The van der Waals surface area contributed by atoms with Crippen molar-refractivity contribution in [3.63, 3.8) is 0 Å². The van der Waals surface area contributed by atoms with E-state index in [9.17, 15) is 0 Å². The van der Waals surface area contributed by atoms with Gasteiger partial charge in [0, 0.05) is 22.3 Å². The number of hydrogen-bond acceptors (Lipinski definition) is 2. The van der Waals surface area contributed by atoms with Gasteiger partial charge in [-0.05, 0) is 40.5 Å². The van der Waals surface area contributed by atoms with E-state index in [1.165, 1.54) is 16.7 Å². The molecule has 37 heavy (non-hydrogen) atoms. The minimum atomic E-state index is 0.750. The first kappa shape index (κ1) is 24.2. The molecule has 6 rings (SSSR count). The second-order valence-corrected chi connectivity index (χ2v) is 8.89. The van der Waals surface area contributed by atoms with Crippen molar-refractivity contribution in [1.82, 2.24) is 9.97 Å². The van der Waals surface area contributed by atoms with Crippen molar-refractivity contribution in [3.05, 3.63) is 157 Å². The monoisotopic (exact) mass is 496 g/mol. The van der Waals surface area contributed by atoms with E-state index in [1.54, 1.807) is 0 Å². The molecule has 0 atom stereocenters. The number of nitrogens with zero attached hydrogens (tertiary/aromatic N) is 2. The molecule has 0 unspecified atom stereocenters. The zero-order chi connectivity index (χ0) is 25.3. The van der Waals surface area contributed by atoms with Crippen LogP contribution < -0.4 is 0 Å². The highest BCUT2D eigenvalue weighted by atomic mass is 35.5. The third-order valence-electron chi connectivity index (χ3n) is 5.91. The van der Waals surface area contributed by atoms with Crippen LogP contribution in [0, 0.1) is 0 Å². The van der Waals surface area contributed by atoms with Gasteiger partial charge < -0.3 is 0 Å². The van der Waals surface area contributed by atoms with Crippen LogP contribution in [-0.2, 0) is 0 Å². The molecule has 5 aromatic carbocycles. The van der Waals surface area contributed by atoms with Crippen LogP contribution in [0.2, 0.25) is 5.02 Å². The van der Waals surface area contributed by atoms with E-state index in [1.807, 2.05) is 85.1 Å². The molecule has 0 saturated heterocycles. The lowest BCUT2D eigenvalue weighted by atomic mass is 10.0. The van der Waals surface area contributed by atoms with Gasteiger partial charge in [0.1, 0.15) is 0 Å². The van der Waals surface area contributed by atoms with Gasteiger partial charge in [-0.1, -0.05) is 139 Å². The van der Waals surface area contributed by atoms with E-state index in [4.69, 9.17) is 16.6 Å². The maximum absolute atomic E-state index is 5.89. The fourth-order valence-electron chi connectivity index (χ4n) is 4.01. The Balaban J connectivity index is 0.000000182. The Morgan fingerprint density at radius 1 is 0.405 bits per heavy atom. The van der Waals surface area contributed by atoms with Gasteiger partial charge in [-0.15, -0.1) is 0 Å². The van der Waals surface area contributed by atoms with Gasteiger partial charge in [0.2, 0.25) is 0 Å². The van der Waals surface area contributed by atoms with Crippen LogP contribution in [0.25, 0.3) is 44.9 Å².